The van der Waals surface area contributed by atoms with Gasteiger partial charge in [-0.1, -0.05) is 6.58 Å². The van der Waals surface area contributed by atoms with Crippen molar-refractivity contribution in [2.45, 2.75) is 37.8 Å². The highest BCUT2D eigenvalue weighted by atomic mass is 32.1. The molecule has 4 heterocycles. The van der Waals surface area contributed by atoms with Crippen molar-refractivity contribution < 1.29 is 4.79 Å². The van der Waals surface area contributed by atoms with Gasteiger partial charge in [0.1, 0.15) is 0 Å². The zero-order valence-electron chi connectivity index (χ0n) is 14.1. The Labute approximate surface area is 147 Å². The van der Waals surface area contributed by atoms with Crippen molar-refractivity contribution >= 4 is 22.4 Å². The predicted molar refractivity (Wildman–Crippen MR) is 97.3 cm³/mol. The van der Waals surface area contributed by atoms with Crippen LogP contribution in [-0.2, 0) is 4.79 Å². The second-order valence-corrected chi connectivity index (χ2v) is 8.10. The molecule has 3 atom stereocenters. The van der Waals surface area contributed by atoms with Crippen LogP contribution in [0.1, 0.15) is 25.7 Å². The Morgan fingerprint density at radius 1 is 1.38 bits per heavy atom. The molecule has 24 heavy (non-hydrogen) atoms. The van der Waals surface area contributed by atoms with Crippen LogP contribution in [0.25, 0.3) is 0 Å². The van der Waals surface area contributed by atoms with Crippen molar-refractivity contribution in [3.05, 3.63) is 24.2 Å². The quantitative estimate of drug-likeness (QED) is 0.784. The van der Waals surface area contributed by atoms with Crippen molar-refractivity contribution in [1.29, 1.82) is 0 Å². The number of aromatic nitrogens is 1. The molecule has 5 nitrogen and oxygen atoms in total. The van der Waals surface area contributed by atoms with Gasteiger partial charge < -0.3 is 14.7 Å². The summed E-state index contributed by atoms with van der Waals surface area (Å²) < 4.78 is 0. The van der Waals surface area contributed by atoms with E-state index in [9.17, 15) is 4.79 Å². The number of thiazole rings is 1. The van der Waals surface area contributed by atoms with E-state index >= 15 is 0 Å². The predicted octanol–water partition coefficient (Wildman–Crippen LogP) is 2.22. The van der Waals surface area contributed by atoms with E-state index in [0.29, 0.717) is 18.0 Å². The van der Waals surface area contributed by atoms with E-state index in [0.717, 1.165) is 31.2 Å². The number of rotatable bonds is 4. The molecule has 4 rings (SSSR count). The molecule has 0 spiro atoms. The zero-order chi connectivity index (χ0) is 16.5. The van der Waals surface area contributed by atoms with Crippen LogP contribution >= 0.6 is 11.3 Å². The molecule has 130 valence electrons. The van der Waals surface area contributed by atoms with Crippen LogP contribution in [0, 0.1) is 5.92 Å². The monoisotopic (exact) mass is 346 g/mol. The van der Waals surface area contributed by atoms with Gasteiger partial charge in [-0.3, -0.25) is 4.79 Å². The number of anilines is 1. The van der Waals surface area contributed by atoms with Gasteiger partial charge >= 0.3 is 0 Å². The van der Waals surface area contributed by atoms with Crippen molar-refractivity contribution in [3.8, 4) is 0 Å². The first-order chi connectivity index (χ1) is 11.8. The zero-order valence-corrected chi connectivity index (χ0v) is 15.0. The van der Waals surface area contributed by atoms with Gasteiger partial charge in [0.15, 0.2) is 5.13 Å². The lowest BCUT2D eigenvalue weighted by Gasteiger charge is -2.38. The van der Waals surface area contributed by atoms with Crippen LogP contribution in [0.2, 0.25) is 0 Å². The van der Waals surface area contributed by atoms with Gasteiger partial charge in [0.25, 0.3) is 0 Å². The maximum Gasteiger partial charge on any atom is 0.245 e. The van der Waals surface area contributed by atoms with Crippen LogP contribution in [0.4, 0.5) is 5.13 Å². The van der Waals surface area contributed by atoms with E-state index in [1.165, 1.54) is 38.4 Å². The van der Waals surface area contributed by atoms with Gasteiger partial charge in [0.2, 0.25) is 5.91 Å². The van der Waals surface area contributed by atoms with E-state index < -0.39 is 0 Å². The smallest absolute Gasteiger partial charge is 0.245 e. The number of fused-ring (bicyclic) bond motifs is 1. The second-order valence-electron chi connectivity index (χ2n) is 7.22. The van der Waals surface area contributed by atoms with Crippen molar-refractivity contribution in [1.82, 2.24) is 14.8 Å². The molecule has 3 aliphatic heterocycles. The number of carbonyl (C=O) groups is 1. The number of likely N-dealkylation sites (tertiary alicyclic amines) is 2. The highest BCUT2D eigenvalue weighted by molar-refractivity contribution is 7.13. The summed E-state index contributed by atoms with van der Waals surface area (Å²) in [5.41, 5.74) is 0. The Morgan fingerprint density at radius 3 is 2.92 bits per heavy atom. The van der Waals surface area contributed by atoms with Gasteiger partial charge in [-0.05, 0) is 50.8 Å². The molecule has 3 saturated heterocycles. The lowest BCUT2D eigenvalue weighted by atomic mass is 9.92. The summed E-state index contributed by atoms with van der Waals surface area (Å²) in [7, 11) is 0. The largest absolute Gasteiger partial charge is 0.340 e. The van der Waals surface area contributed by atoms with Crippen LogP contribution in [0.3, 0.4) is 0 Å². The molecule has 0 saturated carbocycles. The molecular formula is C18H26N4OS. The molecule has 3 aliphatic rings. The Balaban J connectivity index is 1.53. The van der Waals surface area contributed by atoms with Crippen molar-refractivity contribution in [3.63, 3.8) is 0 Å². The first-order valence-electron chi connectivity index (χ1n) is 9.08. The van der Waals surface area contributed by atoms with Gasteiger partial charge in [-0.25, -0.2) is 4.98 Å². The van der Waals surface area contributed by atoms with Crippen molar-refractivity contribution in [2.75, 3.05) is 37.6 Å². The lowest BCUT2D eigenvalue weighted by molar-refractivity contribution is -0.127. The Hall–Kier alpha value is -1.40. The minimum atomic E-state index is 0.0808. The minimum Gasteiger partial charge on any atom is -0.340 e. The van der Waals surface area contributed by atoms with Crippen LogP contribution in [-0.4, -0.2) is 65.5 Å². The molecule has 1 aromatic rings. The molecule has 1 amide bonds. The fourth-order valence-electron chi connectivity index (χ4n) is 4.75. The van der Waals surface area contributed by atoms with E-state index in [2.05, 4.69) is 26.7 Å². The second kappa shape index (κ2) is 6.84. The summed E-state index contributed by atoms with van der Waals surface area (Å²) in [5, 5.41) is 3.24. The third kappa shape index (κ3) is 2.97. The first-order valence-corrected chi connectivity index (χ1v) is 9.95. The average Bonchev–Trinajstić information content (AvgIpc) is 3.33. The molecule has 0 aromatic carbocycles. The summed E-state index contributed by atoms with van der Waals surface area (Å²) in [6.07, 6.45) is 8.24. The number of amides is 1. The fourth-order valence-corrected chi connectivity index (χ4v) is 5.52. The third-order valence-electron chi connectivity index (χ3n) is 5.81. The Bertz CT molecular complexity index is 584. The van der Waals surface area contributed by atoms with Crippen molar-refractivity contribution in [2.24, 2.45) is 5.92 Å². The highest BCUT2D eigenvalue weighted by Crippen LogP contribution is 2.40. The topological polar surface area (TPSA) is 39.7 Å². The normalized spacial score (nSPS) is 30.6. The molecule has 0 bridgehead atoms. The molecule has 1 aromatic heterocycles. The molecule has 2 unspecified atom stereocenters. The number of hydrogen-bond acceptors (Lipinski definition) is 5. The van der Waals surface area contributed by atoms with Crippen LogP contribution in [0.5, 0.6) is 0 Å². The maximum atomic E-state index is 12.0. The SMILES string of the molecule is C=CC(=O)N1CCC2C(C[C@@H](CN3CCCC3)N2c2nccs2)C1. The molecule has 3 fully saturated rings. The summed E-state index contributed by atoms with van der Waals surface area (Å²) >= 11 is 1.75. The third-order valence-corrected chi connectivity index (χ3v) is 6.60. The van der Waals surface area contributed by atoms with Crippen LogP contribution in [0.15, 0.2) is 24.2 Å². The summed E-state index contributed by atoms with van der Waals surface area (Å²) in [6.45, 7) is 8.96. The fraction of sp³-hybridized carbons (Fsp3) is 0.667. The summed E-state index contributed by atoms with van der Waals surface area (Å²) in [5.74, 6) is 0.636. The van der Waals surface area contributed by atoms with E-state index in [4.69, 9.17) is 0 Å². The summed E-state index contributed by atoms with van der Waals surface area (Å²) in [6, 6.07) is 1.06. The van der Waals surface area contributed by atoms with Gasteiger partial charge in [-0.15, -0.1) is 11.3 Å². The number of carbonyl (C=O) groups excluding carboxylic acids is 1. The lowest BCUT2D eigenvalue weighted by Crippen LogP contribution is -2.49. The number of piperidine rings is 1. The van der Waals surface area contributed by atoms with E-state index in [1.54, 1.807) is 11.3 Å². The van der Waals surface area contributed by atoms with Crippen LogP contribution < -0.4 is 4.90 Å². The molecule has 0 radical (unpaired) electrons. The minimum absolute atomic E-state index is 0.0808. The molecule has 0 N–H and O–H groups in total. The molecule has 6 heteroatoms. The summed E-state index contributed by atoms with van der Waals surface area (Å²) in [4.78, 5) is 23.8. The highest BCUT2D eigenvalue weighted by Gasteiger charge is 2.45. The molecule has 0 aliphatic carbocycles. The van der Waals surface area contributed by atoms with Gasteiger partial charge in [-0.2, -0.15) is 0 Å². The van der Waals surface area contributed by atoms with Gasteiger partial charge in [0, 0.05) is 43.3 Å². The van der Waals surface area contributed by atoms with E-state index in [1.807, 2.05) is 11.1 Å². The Morgan fingerprint density at radius 2 is 2.21 bits per heavy atom. The Kier molecular flexibility index (Phi) is 4.59. The van der Waals surface area contributed by atoms with E-state index in [-0.39, 0.29) is 5.91 Å². The standard InChI is InChI=1S/C18H26N4OS/c1-2-17(23)21-9-5-16-14(12-21)11-15(13-20-7-3-4-8-20)22(16)18-19-6-10-24-18/h2,6,10,14-16H,1,3-5,7-9,11-13H2/t14?,15-,16?/m0/s1. The average molecular weight is 346 g/mol. The number of nitrogens with zero attached hydrogens (tertiary/aromatic N) is 4. The maximum absolute atomic E-state index is 12.0. The number of hydrogen-bond donors (Lipinski definition) is 0. The first kappa shape index (κ1) is 16.1. The molecular weight excluding hydrogens is 320 g/mol. The van der Waals surface area contributed by atoms with Gasteiger partial charge in [0.05, 0.1) is 0 Å².